The Balaban J connectivity index is 1.92. The number of halogens is 11. The molecule has 2 amide bonds. The number of nitrogens with zero attached hydrogens (tertiary/aromatic N) is 2. The van der Waals surface area contributed by atoms with Crippen molar-refractivity contribution in [3.63, 3.8) is 0 Å². The van der Waals surface area contributed by atoms with Gasteiger partial charge in [-0.1, -0.05) is 23.7 Å². The Labute approximate surface area is 241 Å². The van der Waals surface area contributed by atoms with Gasteiger partial charge in [0.25, 0.3) is 11.8 Å². The molecule has 0 spiro atoms. The van der Waals surface area contributed by atoms with Crippen molar-refractivity contribution >= 4 is 80.2 Å². The third-order valence-corrected chi connectivity index (χ3v) is 7.03. The van der Waals surface area contributed by atoms with E-state index in [1.165, 1.54) is 63.7 Å². The van der Waals surface area contributed by atoms with Crippen molar-refractivity contribution in [1.82, 2.24) is 4.98 Å². The first-order chi connectivity index (χ1) is 17.5. The Kier molecular flexibility index (Phi) is 8.82. The first kappa shape index (κ1) is 30.3. The van der Waals surface area contributed by atoms with Crippen LogP contribution < -0.4 is 8.43 Å². The lowest BCUT2D eigenvalue weighted by Crippen LogP contribution is -2.50. The number of carbonyl (C=O) groups is 2. The molecule has 0 radical (unpaired) electrons. The first-order valence-electron chi connectivity index (χ1n) is 9.83. The van der Waals surface area contributed by atoms with Crippen LogP contribution in [0.1, 0.15) is 26.3 Å². The topological polar surface area (TPSA) is 62.3 Å². The van der Waals surface area contributed by atoms with Gasteiger partial charge < -0.3 is 5.32 Å². The second-order valence-electron chi connectivity index (χ2n) is 7.40. The van der Waals surface area contributed by atoms with Gasteiger partial charge in [0.05, 0.1) is 45.4 Å². The minimum Gasteiger partial charge on any atom is -0.319 e. The molecule has 1 N–H and O–H groups in total. The van der Waals surface area contributed by atoms with E-state index in [-0.39, 0.29) is 26.0 Å². The summed E-state index contributed by atoms with van der Waals surface area (Å²) >= 11 is 8.34. The fourth-order valence-electron chi connectivity index (χ4n) is 3.08. The maximum atomic E-state index is 15.1. The molecule has 0 fully saturated rings. The molecule has 5 nitrogen and oxygen atoms in total. The number of rotatable bonds is 5. The van der Waals surface area contributed by atoms with Crippen LogP contribution in [0.2, 0.25) is 5.15 Å². The third-order valence-electron chi connectivity index (χ3n) is 4.98. The predicted octanol–water partition coefficient (Wildman–Crippen LogP) is 8.02. The van der Waals surface area contributed by atoms with Crippen LogP contribution in [0, 0.1) is 9.39 Å². The van der Waals surface area contributed by atoms with E-state index in [4.69, 9.17) is 11.6 Å². The van der Waals surface area contributed by atoms with E-state index in [2.05, 4.69) is 10.3 Å². The molecule has 1 heterocycles. The Morgan fingerprint density at radius 2 is 1.58 bits per heavy atom. The number of benzene rings is 2. The van der Waals surface area contributed by atoms with Crippen LogP contribution in [0.4, 0.5) is 46.5 Å². The summed E-state index contributed by atoms with van der Waals surface area (Å²) in [7, 11) is 0. The molecule has 0 aliphatic carbocycles. The largest absolute Gasteiger partial charge is 0.435 e. The van der Waals surface area contributed by atoms with Gasteiger partial charge in [-0.15, -0.1) is 0 Å². The molecule has 202 valence electrons. The second-order valence-corrected chi connectivity index (χ2v) is 9.91. The van der Waals surface area contributed by atoms with Gasteiger partial charge in [-0.3, -0.25) is 9.59 Å². The summed E-state index contributed by atoms with van der Waals surface area (Å²) in [6, 6.07) is 7.28. The van der Waals surface area contributed by atoms with Gasteiger partial charge in [-0.05, 0) is 59.0 Å². The lowest BCUT2D eigenvalue weighted by molar-refractivity contribution is -0.348. The van der Waals surface area contributed by atoms with Crippen molar-refractivity contribution in [3.8, 4) is 0 Å². The standard InChI is InChI=1S/C22H10ClF8I2N3O2/c23-16-7-4-10(9-34-16)18(37)35-14-3-1-2-12(17(14)24)19(38)36(33)15-6-5-11(8-13(15)32)20(25,21(26,27)28)22(29,30)31/h1-9H,(H,35,37). The average molecular weight is 790 g/mol. The smallest absolute Gasteiger partial charge is 0.319 e. The van der Waals surface area contributed by atoms with Crippen molar-refractivity contribution in [2.45, 2.75) is 18.0 Å². The van der Waals surface area contributed by atoms with E-state index in [1.807, 2.05) is 0 Å². The quantitative estimate of drug-likeness (QED) is 0.123. The van der Waals surface area contributed by atoms with Gasteiger partial charge in [0.2, 0.25) is 0 Å². The number of hydrogen-bond acceptors (Lipinski definition) is 3. The summed E-state index contributed by atoms with van der Waals surface area (Å²) in [5, 5.41) is 2.37. The van der Waals surface area contributed by atoms with Crippen LogP contribution in [-0.2, 0) is 5.67 Å². The van der Waals surface area contributed by atoms with E-state index in [1.54, 1.807) is 0 Å². The van der Waals surface area contributed by atoms with Crippen molar-refractivity contribution in [3.05, 3.63) is 86.0 Å². The van der Waals surface area contributed by atoms with Crippen LogP contribution in [0.5, 0.6) is 0 Å². The number of pyridine rings is 1. The highest BCUT2D eigenvalue weighted by Crippen LogP contribution is 2.53. The molecular weight excluding hydrogens is 780 g/mol. The van der Waals surface area contributed by atoms with Crippen molar-refractivity contribution in [2.75, 3.05) is 8.43 Å². The van der Waals surface area contributed by atoms with Gasteiger partial charge in [0, 0.05) is 15.3 Å². The third kappa shape index (κ3) is 5.83. The normalized spacial score (nSPS) is 12.3. The summed E-state index contributed by atoms with van der Waals surface area (Å²) < 4.78 is 108. The highest BCUT2D eigenvalue weighted by Gasteiger charge is 2.73. The molecule has 3 rings (SSSR count). The molecular formula is C22H10ClF8I2N3O2. The summed E-state index contributed by atoms with van der Waals surface area (Å²) in [4.78, 5) is 29.1. The van der Waals surface area contributed by atoms with Crippen LogP contribution in [0.15, 0.2) is 54.7 Å². The molecule has 0 aliphatic heterocycles. The van der Waals surface area contributed by atoms with Crippen LogP contribution in [0.3, 0.4) is 0 Å². The Morgan fingerprint density at radius 3 is 2.11 bits per heavy atom. The molecule has 0 unspecified atom stereocenters. The zero-order chi connectivity index (χ0) is 28.6. The number of anilines is 2. The van der Waals surface area contributed by atoms with Gasteiger partial charge in [0.15, 0.2) is 5.82 Å². The molecule has 0 atom stereocenters. The Bertz CT molecular complexity index is 1370. The summed E-state index contributed by atoms with van der Waals surface area (Å²) in [5.41, 5.74) is -8.60. The molecule has 1 aromatic heterocycles. The number of alkyl halides is 7. The highest BCUT2D eigenvalue weighted by molar-refractivity contribution is 14.1. The number of amides is 2. The maximum Gasteiger partial charge on any atom is 0.435 e. The average Bonchev–Trinajstić information content (AvgIpc) is 2.82. The molecule has 3 aromatic rings. The first-order valence-corrected chi connectivity index (χ1v) is 12.2. The zero-order valence-electron chi connectivity index (χ0n) is 18.1. The molecule has 0 saturated carbocycles. The van der Waals surface area contributed by atoms with Crippen LogP contribution in [-0.4, -0.2) is 29.2 Å². The summed E-state index contributed by atoms with van der Waals surface area (Å²) in [6.45, 7) is 0. The fraction of sp³-hybridized carbons (Fsp3) is 0.136. The van der Waals surface area contributed by atoms with E-state index in [0.29, 0.717) is 12.1 Å². The summed E-state index contributed by atoms with van der Waals surface area (Å²) in [6.07, 6.45) is -11.5. The zero-order valence-corrected chi connectivity index (χ0v) is 23.1. The summed E-state index contributed by atoms with van der Waals surface area (Å²) in [5.74, 6) is -3.02. The van der Waals surface area contributed by atoms with Crippen LogP contribution >= 0.6 is 57.1 Å². The number of nitrogens with one attached hydrogen (secondary N) is 1. The van der Waals surface area contributed by atoms with Crippen molar-refractivity contribution in [2.24, 2.45) is 0 Å². The van der Waals surface area contributed by atoms with Crippen LogP contribution in [0.25, 0.3) is 0 Å². The molecule has 0 aliphatic rings. The highest BCUT2D eigenvalue weighted by atomic mass is 127. The van der Waals surface area contributed by atoms with Gasteiger partial charge >= 0.3 is 18.0 Å². The van der Waals surface area contributed by atoms with E-state index in [9.17, 15) is 40.3 Å². The SMILES string of the molecule is O=C(Nc1cccc(C(=O)N(I)c2ccc(C(F)(C(F)(F)F)C(F)(F)F)cc2I)c1F)c1ccc(Cl)nc1. The molecule has 38 heavy (non-hydrogen) atoms. The second kappa shape index (κ2) is 11.1. The molecule has 16 heteroatoms. The Morgan fingerprint density at radius 1 is 0.947 bits per heavy atom. The predicted molar refractivity (Wildman–Crippen MR) is 138 cm³/mol. The van der Waals surface area contributed by atoms with Crippen molar-refractivity contribution in [1.29, 1.82) is 0 Å². The minimum absolute atomic E-state index is 0.0253. The lowest BCUT2D eigenvalue weighted by atomic mass is 9.94. The van der Waals surface area contributed by atoms with E-state index >= 15 is 4.39 Å². The van der Waals surface area contributed by atoms with Gasteiger partial charge in [-0.2, -0.15) is 26.3 Å². The molecule has 2 aromatic carbocycles. The maximum absolute atomic E-state index is 15.1. The number of aromatic nitrogens is 1. The molecule has 0 bridgehead atoms. The number of hydrogen-bond donors (Lipinski definition) is 1. The van der Waals surface area contributed by atoms with Gasteiger partial charge in [-0.25, -0.2) is 16.9 Å². The number of carbonyl (C=O) groups excluding carboxylic acids is 2. The lowest BCUT2D eigenvalue weighted by Gasteiger charge is -2.30. The molecule has 0 saturated heterocycles. The van der Waals surface area contributed by atoms with E-state index in [0.717, 1.165) is 21.4 Å². The van der Waals surface area contributed by atoms with Gasteiger partial charge in [0.1, 0.15) is 5.15 Å². The monoisotopic (exact) mass is 789 g/mol. The van der Waals surface area contributed by atoms with E-state index < -0.39 is 52.5 Å². The Hall–Kier alpha value is -2.28. The van der Waals surface area contributed by atoms with Crippen molar-refractivity contribution < 1.29 is 44.7 Å². The minimum atomic E-state index is -6.31. The fourth-order valence-corrected chi connectivity index (χ4v) is 5.09.